The van der Waals surface area contributed by atoms with E-state index >= 15 is 0 Å². The van der Waals surface area contributed by atoms with Crippen LogP contribution < -0.4 is 0 Å². The van der Waals surface area contributed by atoms with Gasteiger partial charge in [0.1, 0.15) is 4.58 Å². The second-order valence-electron chi connectivity index (χ2n) is 3.39. The molecule has 0 aromatic heterocycles. The van der Waals surface area contributed by atoms with Gasteiger partial charge in [-0.2, -0.15) is 5.26 Å². The van der Waals surface area contributed by atoms with Crippen LogP contribution in [0, 0.1) is 23.2 Å². The Morgan fingerprint density at radius 3 is 2.31 bits per heavy atom. The number of nitrogens with zero attached hydrogens (tertiary/aromatic N) is 1. The van der Waals surface area contributed by atoms with Crippen LogP contribution in [-0.2, 0) is 0 Å². The lowest BCUT2D eigenvalue weighted by molar-refractivity contribution is 1.11. The number of rotatable bonds is 0. The van der Waals surface area contributed by atoms with E-state index in [1.807, 2.05) is 47.8 Å². The minimum absolute atomic E-state index is 0.421. The van der Waals surface area contributed by atoms with E-state index in [0.717, 1.165) is 5.56 Å². The molecule has 1 nitrogen and oxygen atoms in total. The molecule has 1 aliphatic rings. The van der Waals surface area contributed by atoms with E-state index in [2.05, 4.69) is 17.9 Å². The SMILES string of the molecule is N#Cc1ccc(C#CC2SCCCS2)cc1. The highest BCUT2D eigenvalue weighted by molar-refractivity contribution is 8.17. The average molecular weight is 245 g/mol. The molecule has 0 amide bonds. The lowest BCUT2D eigenvalue weighted by atomic mass is 10.1. The van der Waals surface area contributed by atoms with E-state index in [1.54, 1.807) is 0 Å². The van der Waals surface area contributed by atoms with Crippen LogP contribution in [0.4, 0.5) is 0 Å². The third kappa shape index (κ3) is 3.23. The van der Waals surface area contributed by atoms with Crippen molar-refractivity contribution in [3.63, 3.8) is 0 Å². The van der Waals surface area contributed by atoms with Gasteiger partial charge in [-0.15, -0.1) is 23.5 Å². The van der Waals surface area contributed by atoms with Gasteiger partial charge in [0.25, 0.3) is 0 Å². The van der Waals surface area contributed by atoms with Crippen molar-refractivity contribution in [1.82, 2.24) is 0 Å². The molecule has 0 N–H and O–H groups in total. The van der Waals surface area contributed by atoms with Crippen LogP contribution in [0.15, 0.2) is 24.3 Å². The number of nitriles is 1. The van der Waals surface area contributed by atoms with Crippen molar-refractivity contribution in [3.8, 4) is 17.9 Å². The lowest BCUT2D eigenvalue weighted by Gasteiger charge is -2.14. The summed E-state index contributed by atoms with van der Waals surface area (Å²) in [7, 11) is 0. The fraction of sp³-hybridized carbons (Fsp3) is 0.308. The second-order valence-corrected chi connectivity index (χ2v) is 6.11. The van der Waals surface area contributed by atoms with Gasteiger partial charge in [0.05, 0.1) is 11.6 Å². The first kappa shape index (κ1) is 11.5. The molecule has 3 heteroatoms. The van der Waals surface area contributed by atoms with Crippen LogP contribution in [0.5, 0.6) is 0 Å². The molecule has 0 atom stereocenters. The first-order valence-electron chi connectivity index (χ1n) is 5.13. The molecule has 16 heavy (non-hydrogen) atoms. The summed E-state index contributed by atoms with van der Waals surface area (Å²) in [6, 6.07) is 9.54. The van der Waals surface area contributed by atoms with Gasteiger partial charge in [0, 0.05) is 5.56 Å². The molecule has 1 aromatic rings. The molecule has 1 aliphatic heterocycles. The van der Waals surface area contributed by atoms with Gasteiger partial charge >= 0.3 is 0 Å². The van der Waals surface area contributed by atoms with Crippen LogP contribution in [0.3, 0.4) is 0 Å². The number of hydrogen-bond donors (Lipinski definition) is 0. The molecule has 0 aliphatic carbocycles. The van der Waals surface area contributed by atoms with E-state index in [4.69, 9.17) is 5.26 Å². The van der Waals surface area contributed by atoms with Crippen molar-refractivity contribution < 1.29 is 0 Å². The maximum absolute atomic E-state index is 8.67. The normalized spacial score (nSPS) is 15.9. The van der Waals surface area contributed by atoms with Gasteiger partial charge in [0.2, 0.25) is 0 Å². The Hall–Kier alpha value is -1.03. The molecule has 2 rings (SSSR count). The Morgan fingerprint density at radius 1 is 1.06 bits per heavy atom. The number of hydrogen-bond acceptors (Lipinski definition) is 3. The van der Waals surface area contributed by atoms with E-state index in [1.165, 1.54) is 17.9 Å². The fourth-order valence-corrected chi connectivity index (χ4v) is 3.82. The zero-order chi connectivity index (χ0) is 11.2. The lowest BCUT2D eigenvalue weighted by Crippen LogP contribution is -2.03. The van der Waals surface area contributed by atoms with Gasteiger partial charge in [0.15, 0.2) is 0 Å². The Labute approximate surface area is 105 Å². The third-order valence-electron chi connectivity index (χ3n) is 2.18. The zero-order valence-electron chi connectivity index (χ0n) is 8.77. The van der Waals surface area contributed by atoms with Crippen LogP contribution in [0.1, 0.15) is 17.5 Å². The van der Waals surface area contributed by atoms with Gasteiger partial charge in [-0.3, -0.25) is 0 Å². The van der Waals surface area contributed by atoms with E-state index in [0.29, 0.717) is 10.1 Å². The highest BCUT2D eigenvalue weighted by Crippen LogP contribution is 2.29. The standard InChI is InChI=1S/C13H11NS2/c14-10-12-4-2-11(3-5-12)6-7-13-15-8-1-9-16-13/h2-5,13H,1,8-9H2. The first-order chi connectivity index (χ1) is 7.88. The van der Waals surface area contributed by atoms with Gasteiger partial charge in [-0.05, 0) is 42.2 Å². The molecule has 0 radical (unpaired) electrons. The van der Waals surface area contributed by atoms with Crippen LogP contribution in [-0.4, -0.2) is 16.1 Å². The maximum atomic E-state index is 8.67. The maximum Gasteiger partial charge on any atom is 0.111 e. The predicted octanol–water partition coefficient (Wildman–Crippen LogP) is 3.11. The molecule has 0 spiro atoms. The first-order valence-corrected chi connectivity index (χ1v) is 7.23. The van der Waals surface area contributed by atoms with E-state index in [9.17, 15) is 0 Å². The molecule has 1 heterocycles. The quantitative estimate of drug-likeness (QED) is 0.656. The highest BCUT2D eigenvalue weighted by atomic mass is 32.2. The summed E-state index contributed by atoms with van der Waals surface area (Å²) >= 11 is 3.85. The van der Waals surface area contributed by atoms with E-state index < -0.39 is 0 Å². The minimum atomic E-state index is 0.421. The fourth-order valence-electron chi connectivity index (χ4n) is 1.34. The smallest absolute Gasteiger partial charge is 0.111 e. The number of benzene rings is 1. The third-order valence-corrected chi connectivity index (χ3v) is 4.88. The second kappa shape index (κ2) is 5.89. The zero-order valence-corrected chi connectivity index (χ0v) is 10.4. The van der Waals surface area contributed by atoms with Gasteiger partial charge < -0.3 is 0 Å². The van der Waals surface area contributed by atoms with E-state index in [-0.39, 0.29) is 0 Å². The van der Waals surface area contributed by atoms with Gasteiger partial charge in [-0.1, -0.05) is 11.8 Å². The van der Waals surface area contributed by atoms with Crippen molar-refractivity contribution in [2.24, 2.45) is 0 Å². The molecular weight excluding hydrogens is 234 g/mol. The van der Waals surface area contributed by atoms with Crippen molar-refractivity contribution in [2.75, 3.05) is 11.5 Å². The summed E-state index contributed by atoms with van der Waals surface area (Å²) in [6.45, 7) is 0. The molecule has 1 fully saturated rings. The predicted molar refractivity (Wildman–Crippen MR) is 71.4 cm³/mol. The summed E-state index contributed by atoms with van der Waals surface area (Å²) in [4.78, 5) is 0. The average Bonchev–Trinajstić information content (AvgIpc) is 2.38. The van der Waals surface area contributed by atoms with Crippen molar-refractivity contribution in [1.29, 1.82) is 5.26 Å². The van der Waals surface area contributed by atoms with Crippen molar-refractivity contribution in [2.45, 2.75) is 11.0 Å². The highest BCUT2D eigenvalue weighted by Gasteiger charge is 2.10. The molecular formula is C13H11NS2. The molecule has 0 bridgehead atoms. The summed E-state index contributed by atoms with van der Waals surface area (Å²) in [6.07, 6.45) is 1.30. The molecule has 0 unspecified atom stereocenters. The largest absolute Gasteiger partial charge is 0.192 e. The van der Waals surface area contributed by atoms with Gasteiger partial charge in [-0.25, -0.2) is 0 Å². The monoisotopic (exact) mass is 245 g/mol. The number of thioether (sulfide) groups is 2. The van der Waals surface area contributed by atoms with Crippen LogP contribution in [0.25, 0.3) is 0 Å². The Kier molecular flexibility index (Phi) is 4.22. The Morgan fingerprint density at radius 2 is 1.69 bits per heavy atom. The molecule has 1 aromatic carbocycles. The Balaban J connectivity index is 2.02. The van der Waals surface area contributed by atoms with Crippen molar-refractivity contribution in [3.05, 3.63) is 35.4 Å². The molecule has 0 saturated carbocycles. The summed E-state index contributed by atoms with van der Waals surface area (Å²) < 4.78 is 0.421. The van der Waals surface area contributed by atoms with Crippen molar-refractivity contribution >= 4 is 23.5 Å². The minimum Gasteiger partial charge on any atom is -0.192 e. The molecule has 1 saturated heterocycles. The van der Waals surface area contributed by atoms with Crippen LogP contribution >= 0.6 is 23.5 Å². The topological polar surface area (TPSA) is 23.8 Å². The Bertz CT molecular complexity index is 442. The summed E-state index contributed by atoms with van der Waals surface area (Å²) in [5, 5.41) is 8.67. The van der Waals surface area contributed by atoms with Crippen LogP contribution in [0.2, 0.25) is 0 Å². The summed E-state index contributed by atoms with van der Waals surface area (Å²) in [5.74, 6) is 8.88. The summed E-state index contributed by atoms with van der Waals surface area (Å²) in [5.41, 5.74) is 1.68. The molecule has 80 valence electrons.